The van der Waals surface area contributed by atoms with Gasteiger partial charge in [0.1, 0.15) is 11.1 Å². The molecule has 0 saturated carbocycles. The van der Waals surface area contributed by atoms with E-state index < -0.39 is 0 Å². The summed E-state index contributed by atoms with van der Waals surface area (Å²) < 4.78 is 6.04. The number of rotatable bonds is 3. The van der Waals surface area contributed by atoms with E-state index in [2.05, 4.69) is 11.1 Å². The minimum atomic E-state index is 0.0535. The third-order valence-electron chi connectivity index (χ3n) is 3.22. The Morgan fingerprint density at radius 3 is 2.91 bits per heavy atom. The van der Waals surface area contributed by atoms with Crippen LogP contribution < -0.4 is 4.74 Å². The first-order valence-electron chi connectivity index (χ1n) is 6.66. The quantitative estimate of drug-likeness (QED) is 0.699. The Balaban J connectivity index is 2.05. The van der Waals surface area contributed by atoms with Crippen LogP contribution in [0.4, 0.5) is 0 Å². The second-order valence-corrected chi connectivity index (χ2v) is 6.20. The molecule has 4 nitrogen and oxygen atoms in total. The van der Waals surface area contributed by atoms with Gasteiger partial charge in [0.2, 0.25) is 0 Å². The third-order valence-corrected chi connectivity index (χ3v) is 4.52. The predicted molar refractivity (Wildman–Crippen MR) is 92.8 cm³/mol. The molecule has 0 bridgehead atoms. The average Bonchev–Trinajstić information content (AvgIpc) is 2.96. The van der Waals surface area contributed by atoms with Crippen LogP contribution in [0, 0.1) is 11.3 Å². The molecule has 1 aromatic heterocycles. The van der Waals surface area contributed by atoms with E-state index in [4.69, 9.17) is 16.3 Å². The Kier molecular flexibility index (Phi) is 4.20. The van der Waals surface area contributed by atoms with Gasteiger partial charge in [-0.25, -0.2) is 4.98 Å². The summed E-state index contributed by atoms with van der Waals surface area (Å²) in [7, 11) is 1.48. The number of aromatic hydroxyl groups is 1. The number of halogens is 1. The van der Waals surface area contributed by atoms with Crippen LogP contribution in [-0.4, -0.2) is 17.2 Å². The highest BCUT2D eigenvalue weighted by molar-refractivity contribution is 7.19. The van der Waals surface area contributed by atoms with Crippen molar-refractivity contribution in [1.82, 2.24) is 4.98 Å². The summed E-state index contributed by atoms with van der Waals surface area (Å²) in [5.74, 6) is 0.407. The van der Waals surface area contributed by atoms with Gasteiger partial charge in [-0.05, 0) is 42.0 Å². The summed E-state index contributed by atoms with van der Waals surface area (Å²) in [6, 6.07) is 12.5. The summed E-state index contributed by atoms with van der Waals surface area (Å²) in [4.78, 5) is 4.46. The number of phenolic OH excluding ortho intramolecular Hbond substituents is 1. The fourth-order valence-electron chi connectivity index (χ4n) is 2.11. The van der Waals surface area contributed by atoms with Crippen molar-refractivity contribution < 1.29 is 9.84 Å². The zero-order chi connectivity index (χ0) is 16.4. The van der Waals surface area contributed by atoms with E-state index in [1.54, 1.807) is 30.3 Å². The molecule has 0 fully saturated rings. The van der Waals surface area contributed by atoms with Crippen LogP contribution in [0.1, 0.15) is 10.6 Å². The van der Waals surface area contributed by atoms with Crippen molar-refractivity contribution in [2.24, 2.45) is 0 Å². The highest BCUT2D eigenvalue weighted by atomic mass is 35.5. The molecule has 0 aliphatic rings. The van der Waals surface area contributed by atoms with Gasteiger partial charge in [0.05, 0.1) is 22.9 Å². The fourth-order valence-corrected chi connectivity index (χ4v) is 3.19. The van der Waals surface area contributed by atoms with Crippen LogP contribution in [0.5, 0.6) is 11.5 Å². The number of hydrogen-bond donors (Lipinski definition) is 1. The third kappa shape index (κ3) is 3.14. The maximum atomic E-state index is 9.63. The minimum Gasteiger partial charge on any atom is -0.504 e. The van der Waals surface area contributed by atoms with Gasteiger partial charge in [-0.15, -0.1) is 11.3 Å². The molecular weight excluding hydrogens is 332 g/mol. The molecule has 6 heteroatoms. The van der Waals surface area contributed by atoms with Crippen molar-refractivity contribution in [2.45, 2.75) is 0 Å². The van der Waals surface area contributed by atoms with Crippen LogP contribution in [0.15, 0.2) is 36.4 Å². The Hall–Kier alpha value is -2.55. The Labute approximate surface area is 141 Å². The molecule has 0 radical (unpaired) electrons. The zero-order valence-electron chi connectivity index (χ0n) is 12.1. The van der Waals surface area contributed by atoms with E-state index in [-0.39, 0.29) is 5.75 Å². The molecule has 0 unspecified atom stereocenters. The van der Waals surface area contributed by atoms with Gasteiger partial charge >= 0.3 is 0 Å². The number of nitriles is 1. The first-order valence-corrected chi connectivity index (χ1v) is 7.85. The molecule has 23 heavy (non-hydrogen) atoms. The van der Waals surface area contributed by atoms with Gasteiger partial charge in [-0.3, -0.25) is 0 Å². The van der Waals surface area contributed by atoms with Gasteiger partial charge in [0.15, 0.2) is 11.5 Å². The van der Waals surface area contributed by atoms with Crippen LogP contribution in [0.2, 0.25) is 5.02 Å². The lowest BCUT2D eigenvalue weighted by molar-refractivity contribution is 0.373. The standard InChI is InChI=1S/C17H11ClN2O2S/c1-22-15-7-10(2-4-14(15)21)6-11(9-19)17-20-13-8-12(18)3-5-16(13)23-17/h2-8,21H,1H3/b11-6+. The molecule has 0 aliphatic carbocycles. The van der Waals surface area contributed by atoms with Gasteiger partial charge in [0.25, 0.3) is 0 Å². The number of phenols is 1. The number of hydrogen-bond acceptors (Lipinski definition) is 5. The van der Waals surface area contributed by atoms with Crippen molar-refractivity contribution in [3.8, 4) is 17.6 Å². The molecule has 0 saturated heterocycles. The minimum absolute atomic E-state index is 0.0535. The van der Waals surface area contributed by atoms with E-state index in [0.717, 1.165) is 15.8 Å². The first-order chi connectivity index (χ1) is 11.1. The predicted octanol–water partition coefficient (Wildman–Crippen LogP) is 4.73. The number of aromatic nitrogens is 1. The molecule has 1 N–H and O–H groups in total. The van der Waals surface area contributed by atoms with Crippen molar-refractivity contribution in [3.63, 3.8) is 0 Å². The summed E-state index contributed by atoms with van der Waals surface area (Å²) in [5, 5.41) is 20.3. The maximum absolute atomic E-state index is 9.63. The number of fused-ring (bicyclic) bond motifs is 1. The fraction of sp³-hybridized carbons (Fsp3) is 0.0588. The molecule has 2 aromatic carbocycles. The molecule has 1 heterocycles. The number of nitrogens with zero attached hydrogens (tertiary/aromatic N) is 2. The van der Waals surface area contributed by atoms with Gasteiger partial charge in [-0.2, -0.15) is 5.26 Å². The van der Waals surface area contributed by atoms with E-state index in [9.17, 15) is 10.4 Å². The van der Waals surface area contributed by atoms with Crippen LogP contribution in [-0.2, 0) is 0 Å². The Morgan fingerprint density at radius 1 is 1.35 bits per heavy atom. The highest BCUT2D eigenvalue weighted by Crippen LogP contribution is 2.31. The molecule has 0 aliphatic heterocycles. The van der Waals surface area contributed by atoms with E-state index in [1.165, 1.54) is 24.5 Å². The summed E-state index contributed by atoms with van der Waals surface area (Å²) in [5.41, 5.74) is 1.95. The van der Waals surface area contributed by atoms with Crippen LogP contribution >= 0.6 is 22.9 Å². The summed E-state index contributed by atoms with van der Waals surface area (Å²) in [6.07, 6.45) is 1.71. The Bertz CT molecular complexity index is 957. The molecular formula is C17H11ClN2O2S. The lowest BCUT2D eigenvalue weighted by atomic mass is 10.1. The van der Waals surface area contributed by atoms with Crippen molar-refractivity contribution in [1.29, 1.82) is 5.26 Å². The maximum Gasteiger partial charge on any atom is 0.161 e. The van der Waals surface area contributed by atoms with Crippen LogP contribution in [0.25, 0.3) is 21.9 Å². The summed E-state index contributed by atoms with van der Waals surface area (Å²) in [6.45, 7) is 0. The zero-order valence-corrected chi connectivity index (χ0v) is 13.6. The number of thiazole rings is 1. The molecule has 0 atom stereocenters. The second-order valence-electron chi connectivity index (χ2n) is 4.73. The molecule has 3 rings (SSSR count). The van der Waals surface area contributed by atoms with Crippen LogP contribution in [0.3, 0.4) is 0 Å². The Morgan fingerprint density at radius 2 is 2.17 bits per heavy atom. The van der Waals surface area contributed by atoms with E-state index >= 15 is 0 Å². The number of allylic oxidation sites excluding steroid dienone is 1. The molecule has 0 amide bonds. The largest absolute Gasteiger partial charge is 0.504 e. The van der Waals surface area contributed by atoms with Crippen molar-refractivity contribution in [3.05, 3.63) is 52.0 Å². The van der Waals surface area contributed by atoms with Crippen molar-refractivity contribution in [2.75, 3.05) is 7.11 Å². The molecule has 0 spiro atoms. The molecule has 114 valence electrons. The van der Waals surface area contributed by atoms with Gasteiger partial charge in [0, 0.05) is 5.02 Å². The first kappa shape index (κ1) is 15.3. The molecule has 3 aromatic rings. The average molecular weight is 343 g/mol. The van der Waals surface area contributed by atoms with E-state index in [1.807, 2.05) is 6.07 Å². The van der Waals surface area contributed by atoms with Crippen molar-refractivity contribution >= 4 is 44.8 Å². The normalized spacial score (nSPS) is 11.4. The van der Waals surface area contributed by atoms with E-state index in [0.29, 0.717) is 21.4 Å². The number of benzene rings is 2. The lowest BCUT2D eigenvalue weighted by Crippen LogP contribution is -1.85. The smallest absolute Gasteiger partial charge is 0.161 e. The topological polar surface area (TPSA) is 66.1 Å². The lowest BCUT2D eigenvalue weighted by Gasteiger charge is -2.04. The highest BCUT2D eigenvalue weighted by Gasteiger charge is 2.10. The second kappa shape index (κ2) is 6.29. The van der Waals surface area contributed by atoms with Gasteiger partial charge < -0.3 is 9.84 Å². The number of ether oxygens (including phenoxy) is 1. The van der Waals surface area contributed by atoms with Gasteiger partial charge in [-0.1, -0.05) is 17.7 Å². The summed E-state index contributed by atoms with van der Waals surface area (Å²) >= 11 is 7.40. The monoisotopic (exact) mass is 342 g/mol. The number of methoxy groups -OCH3 is 1. The SMILES string of the molecule is COc1cc(/C=C(\C#N)c2nc3cc(Cl)ccc3s2)ccc1O.